The number of anilines is 6. The first-order valence-electron chi connectivity index (χ1n) is 30.9. The number of hydrogen-bond donors (Lipinski definition) is 0. The van der Waals surface area contributed by atoms with Crippen molar-refractivity contribution >= 4 is 77.2 Å². The van der Waals surface area contributed by atoms with Crippen LogP contribution in [-0.4, -0.2) is 0 Å². The molecule has 0 saturated heterocycles. The minimum atomic E-state index is -0.798. The molecule has 4 heteroatoms. The van der Waals surface area contributed by atoms with Gasteiger partial charge < -0.3 is 9.80 Å². The van der Waals surface area contributed by atoms with E-state index in [4.69, 9.17) is 0 Å². The lowest BCUT2D eigenvalue weighted by Gasteiger charge is -2.33. The van der Waals surface area contributed by atoms with E-state index in [1.165, 1.54) is 44.5 Å². The third-order valence-corrected chi connectivity index (χ3v) is 19.0. The Morgan fingerprint density at radius 2 is 0.697 bits per heavy atom. The Morgan fingerprint density at radius 3 is 1.21 bits per heavy atom. The summed E-state index contributed by atoms with van der Waals surface area (Å²) in [5, 5.41) is 8.82. The lowest BCUT2D eigenvalue weighted by Crippen LogP contribution is -2.26. The second-order valence-electron chi connectivity index (χ2n) is 26.3. The summed E-state index contributed by atoms with van der Waals surface area (Å²) >= 11 is 0. The minimum absolute atomic E-state index is 0.0746. The number of nitrogens with zero attached hydrogens (tertiary/aromatic N) is 2. The van der Waals surface area contributed by atoms with Crippen LogP contribution in [0.25, 0.3) is 87.6 Å². The van der Waals surface area contributed by atoms with Crippen LogP contribution in [0, 0.1) is 11.6 Å². The van der Waals surface area contributed by atoms with Crippen molar-refractivity contribution in [3.8, 4) is 44.5 Å². The largest absolute Gasteiger partial charge is 0.310 e. The highest BCUT2D eigenvalue weighted by Crippen LogP contribution is 2.66. The van der Waals surface area contributed by atoms with Gasteiger partial charge in [0.2, 0.25) is 0 Å². The third-order valence-electron chi connectivity index (χ3n) is 19.0. The van der Waals surface area contributed by atoms with Crippen LogP contribution >= 0.6 is 0 Å². The lowest BCUT2D eigenvalue weighted by atomic mass is 9.69. The maximum absolute atomic E-state index is 16.8. The van der Waals surface area contributed by atoms with Gasteiger partial charge in [-0.25, -0.2) is 8.78 Å². The number of halogens is 2. The SMILES string of the molecule is CC(C)(C)c1ccc(N(c2cc(F)cc(-c3cccc4ccccc34)c2)c2ccc3c(c2)C2(c4ccccc4-c4ccccc42)c2c-3c3ccccc3c3cc(N(c4ccc(C(C)(C)C)cc4)c4cc(F)cc(-c5cccc6ccccc56)c4)ccc23)cc1. The van der Waals surface area contributed by atoms with Crippen molar-refractivity contribution in [2.75, 3.05) is 9.80 Å². The summed E-state index contributed by atoms with van der Waals surface area (Å²) < 4.78 is 33.6. The fourth-order valence-electron chi connectivity index (χ4n) is 14.9. The number of hydrogen-bond acceptors (Lipinski definition) is 2. The van der Waals surface area contributed by atoms with Gasteiger partial charge in [0.05, 0.1) is 5.41 Å². The summed E-state index contributed by atoms with van der Waals surface area (Å²) in [4.78, 5) is 4.47. The van der Waals surface area contributed by atoms with Crippen LogP contribution in [0.3, 0.4) is 0 Å². The van der Waals surface area contributed by atoms with Crippen LogP contribution in [-0.2, 0) is 16.2 Å². The summed E-state index contributed by atoms with van der Waals surface area (Å²) in [5.41, 5.74) is 19.7. The Bertz CT molecular complexity index is 5140. The molecule has 2 aliphatic rings. The zero-order valence-electron chi connectivity index (χ0n) is 50.7. The van der Waals surface area contributed by atoms with Crippen molar-refractivity contribution in [3.63, 3.8) is 0 Å². The Hall–Kier alpha value is -10.4. The molecule has 0 fully saturated rings. The number of fused-ring (bicyclic) bond motifs is 17. The molecular formula is C85H64F2N2. The smallest absolute Gasteiger partial charge is 0.125 e. The lowest BCUT2D eigenvalue weighted by molar-refractivity contribution is 0.590. The highest BCUT2D eigenvalue weighted by atomic mass is 19.1. The zero-order valence-corrected chi connectivity index (χ0v) is 50.7. The third kappa shape index (κ3) is 8.63. The molecule has 0 radical (unpaired) electrons. The molecule has 0 saturated carbocycles. The van der Waals surface area contributed by atoms with Crippen LogP contribution in [0.2, 0.25) is 0 Å². The van der Waals surface area contributed by atoms with E-state index in [2.05, 4.69) is 288 Å². The summed E-state index contributed by atoms with van der Waals surface area (Å²) in [6.07, 6.45) is 0. The van der Waals surface area contributed by atoms with Gasteiger partial charge in [0.15, 0.2) is 0 Å². The van der Waals surface area contributed by atoms with Crippen molar-refractivity contribution in [2.24, 2.45) is 0 Å². The molecule has 0 unspecified atom stereocenters. The molecule has 16 rings (SSSR count). The van der Waals surface area contributed by atoms with Gasteiger partial charge in [-0.2, -0.15) is 0 Å². The van der Waals surface area contributed by atoms with E-state index in [-0.39, 0.29) is 22.5 Å². The predicted molar refractivity (Wildman–Crippen MR) is 370 cm³/mol. The molecule has 14 aromatic carbocycles. The van der Waals surface area contributed by atoms with Crippen LogP contribution in [0.5, 0.6) is 0 Å². The van der Waals surface area contributed by atoms with Gasteiger partial charge in [-0.15, -0.1) is 0 Å². The molecular weight excluding hydrogens is 1090 g/mol. The number of benzene rings is 14. The Labute approximate surface area is 519 Å². The van der Waals surface area contributed by atoms with Gasteiger partial charge in [-0.3, -0.25) is 0 Å². The van der Waals surface area contributed by atoms with Gasteiger partial charge in [-0.05, 0) is 217 Å². The highest BCUT2D eigenvalue weighted by Gasteiger charge is 2.53. The van der Waals surface area contributed by atoms with Crippen molar-refractivity contribution in [2.45, 2.75) is 57.8 Å². The Balaban J connectivity index is 0.950. The summed E-state index contributed by atoms with van der Waals surface area (Å²) in [5.74, 6) is -0.627. The molecule has 1 spiro atoms. The molecule has 0 atom stereocenters. The first kappa shape index (κ1) is 54.0. The molecule has 0 aliphatic heterocycles. The second kappa shape index (κ2) is 20.3. The van der Waals surface area contributed by atoms with E-state index in [0.717, 1.165) is 111 Å². The van der Waals surface area contributed by atoms with Crippen molar-refractivity contribution in [1.82, 2.24) is 0 Å². The van der Waals surface area contributed by atoms with E-state index >= 15 is 8.78 Å². The Kier molecular flexibility index (Phi) is 12.3. The normalized spacial score (nSPS) is 13.0. The van der Waals surface area contributed by atoms with Crippen LogP contribution < -0.4 is 9.80 Å². The first-order valence-corrected chi connectivity index (χ1v) is 30.9. The molecule has 428 valence electrons. The molecule has 2 nitrogen and oxygen atoms in total. The van der Waals surface area contributed by atoms with E-state index in [1.54, 1.807) is 24.3 Å². The second-order valence-corrected chi connectivity index (χ2v) is 26.3. The summed E-state index contributed by atoms with van der Waals surface area (Å²) in [7, 11) is 0. The average molecular weight is 1150 g/mol. The molecule has 2 aliphatic carbocycles. The van der Waals surface area contributed by atoms with E-state index in [1.807, 2.05) is 18.2 Å². The van der Waals surface area contributed by atoms with Crippen molar-refractivity contribution < 1.29 is 8.78 Å². The van der Waals surface area contributed by atoms with Crippen molar-refractivity contribution in [1.29, 1.82) is 0 Å². The maximum atomic E-state index is 16.8. The molecule has 14 aromatic rings. The molecule has 0 amide bonds. The van der Waals surface area contributed by atoms with E-state index in [0.29, 0.717) is 0 Å². The molecule has 0 heterocycles. The summed E-state index contributed by atoms with van der Waals surface area (Å²) in [6, 6.07) is 98.4. The van der Waals surface area contributed by atoms with Crippen LogP contribution in [0.15, 0.2) is 279 Å². The van der Waals surface area contributed by atoms with Gasteiger partial charge in [0.25, 0.3) is 0 Å². The maximum Gasteiger partial charge on any atom is 0.125 e. The van der Waals surface area contributed by atoms with Crippen LogP contribution in [0.4, 0.5) is 42.9 Å². The van der Waals surface area contributed by atoms with Crippen molar-refractivity contribution in [3.05, 3.63) is 324 Å². The Morgan fingerprint density at radius 1 is 0.281 bits per heavy atom. The van der Waals surface area contributed by atoms with Crippen LogP contribution in [0.1, 0.15) is 74.9 Å². The molecule has 0 bridgehead atoms. The monoisotopic (exact) mass is 1150 g/mol. The fraction of sp³-hybridized carbons (Fsp3) is 0.106. The average Bonchev–Trinajstić information content (AvgIpc) is 1.50. The van der Waals surface area contributed by atoms with Gasteiger partial charge in [0, 0.05) is 34.1 Å². The van der Waals surface area contributed by atoms with E-state index in [9.17, 15) is 0 Å². The quantitative estimate of drug-likeness (QED) is 0.140. The minimum Gasteiger partial charge on any atom is -0.310 e. The topological polar surface area (TPSA) is 6.48 Å². The fourth-order valence-corrected chi connectivity index (χ4v) is 14.9. The zero-order chi connectivity index (χ0) is 60.5. The van der Waals surface area contributed by atoms with Gasteiger partial charge in [0.1, 0.15) is 11.6 Å². The molecule has 89 heavy (non-hydrogen) atoms. The first-order chi connectivity index (χ1) is 43.2. The van der Waals surface area contributed by atoms with Gasteiger partial charge >= 0.3 is 0 Å². The number of rotatable bonds is 8. The highest BCUT2D eigenvalue weighted by molar-refractivity contribution is 6.21. The van der Waals surface area contributed by atoms with E-state index < -0.39 is 5.41 Å². The molecule has 0 aromatic heterocycles. The predicted octanol–water partition coefficient (Wildman–Crippen LogP) is 23.8. The van der Waals surface area contributed by atoms with Gasteiger partial charge in [-0.1, -0.05) is 236 Å². The standard InChI is InChI=1S/C85H64F2N2/c1-83(2,3)57-33-37-61(38-34-57)88(65-47-55(45-59(86)49-65)69-29-17-21-53-19-7-9-23-67(53)69)63-41-43-75-77(51-63)71-25-11-12-28-74(71)81-76-44-42-64(52-80(76)85(82(75)81)78-31-15-13-26-72(78)73-27-14-16-32-79(73)85)89(62-39-35-58(36-40-62)84(4,5)6)66-48-56(46-60(87)50-66)70-30-18-22-54-20-8-10-24-68(54)70/h7-52H,1-6H3. The molecule has 0 N–H and O–H groups in total. The summed E-state index contributed by atoms with van der Waals surface area (Å²) in [6.45, 7) is 13.4.